The molecule has 1 aromatic heterocycles. The summed E-state index contributed by atoms with van der Waals surface area (Å²) >= 11 is 0. The van der Waals surface area contributed by atoms with Gasteiger partial charge in [0.1, 0.15) is 0 Å². The number of nitrogens with two attached hydrogens (primary N) is 1. The average Bonchev–Trinajstić information content (AvgIpc) is 3.07. The largest absolute Gasteiger partial charge is 0.396 e. The van der Waals surface area contributed by atoms with Gasteiger partial charge in [-0.25, -0.2) is 0 Å². The van der Waals surface area contributed by atoms with E-state index in [4.69, 9.17) is 5.73 Å². The van der Waals surface area contributed by atoms with Gasteiger partial charge in [0, 0.05) is 31.9 Å². The number of carbonyl (C=O) groups excluding carboxylic acids is 1. The molecule has 1 aromatic rings. The number of likely N-dealkylation sites (N-methyl/N-ethyl adjacent to an activating group) is 1. The topological polar surface area (TPSA) is 76.2 Å². The van der Waals surface area contributed by atoms with Crippen LogP contribution < -0.4 is 11.1 Å². The number of nitrogens with one attached hydrogen (secondary N) is 1. The summed E-state index contributed by atoms with van der Waals surface area (Å²) in [5, 5.41) is 7.06. The van der Waals surface area contributed by atoms with E-state index in [0.717, 1.165) is 6.54 Å². The maximum absolute atomic E-state index is 12.0. The van der Waals surface area contributed by atoms with Crippen LogP contribution in [0.5, 0.6) is 0 Å². The zero-order valence-electron chi connectivity index (χ0n) is 12.4. The van der Waals surface area contributed by atoms with Crippen molar-refractivity contribution in [1.29, 1.82) is 0 Å². The molecule has 0 aromatic carbocycles. The monoisotopic (exact) mass is 279 g/mol. The number of hydrogen-bond donors (Lipinski definition) is 2. The molecule has 1 aliphatic carbocycles. The lowest BCUT2D eigenvalue weighted by atomic mass is 10.2. The highest BCUT2D eigenvalue weighted by atomic mass is 16.2. The number of aromatic nitrogens is 2. The molecular formula is C14H25N5O. The number of amides is 1. The normalized spacial score (nSPS) is 15.9. The van der Waals surface area contributed by atoms with Crippen LogP contribution in [0.4, 0.5) is 5.69 Å². The molecule has 0 unspecified atom stereocenters. The minimum absolute atomic E-state index is 0.186. The SMILES string of the molecule is CCn1cc(N)c(C(=O)NCCN(C)C2CCCC2)n1. The van der Waals surface area contributed by atoms with Crippen molar-refractivity contribution in [2.24, 2.45) is 0 Å². The maximum Gasteiger partial charge on any atom is 0.273 e. The summed E-state index contributed by atoms with van der Waals surface area (Å²) in [6, 6.07) is 0.677. The van der Waals surface area contributed by atoms with Gasteiger partial charge in [-0.15, -0.1) is 0 Å². The summed E-state index contributed by atoms with van der Waals surface area (Å²) < 4.78 is 1.68. The minimum Gasteiger partial charge on any atom is -0.396 e. The maximum atomic E-state index is 12.0. The molecule has 1 saturated carbocycles. The van der Waals surface area contributed by atoms with E-state index < -0.39 is 0 Å². The van der Waals surface area contributed by atoms with Crippen molar-refractivity contribution >= 4 is 11.6 Å². The fourth-order valence-electron chi connectivity index (χ4n) is 2.73. The third-order valence-electron chi connectivity index (χ3n) is 4.03. The summed E-state index contributed by atoms with van der Waals surface area (Å²) in [6.45, 7) is 4.17. The number of carbonyl (C=O) groups is 1. The summed E-state index contributed by atoms with van der Waals surface area (Å²) in [5.41, 5.74) is 6.56. The molecule has 0 radical (unpaired) electrons. The highest BCUT2D eigenvalue weighted by Gasteiger charge is 2.19. The van der Waals surface area contributed by atoms with Crippen LogP contribution in [0.25, 0.3) is 0 Å². The Labute approximate surface area is 120 Å². The first-order chi connectivity index (χ1) is 9.61. The molecule has 2 rings (SSSR count). The van der Waals surface area contributed by atoms with E-state index in [-0.39, 0.29) is 5.91 Å². The van der Waals surface area contributed by atoms with Crippen molar-refractivity contribution in [2.45, 2.75) is 45.2 Å². The summed E-state index contributed by atoms with van der Waals surface area (Å²) in [4.78, 5) is 14.3. The van der Waals surface area contributed by atoms with Gasteiger partial charge in [-0.1, -0.05) is 12.8 Å². The van der Waals surface area contributed by atoms with Crippen molar-refractivity contribution in [3.8, 4) is 0 Å². The van der Waals surface area contributed by atoms with E-state index in [0.29, 0.717) is 30.5 Å². The second-order valence-corrected chi connectivity index (χ2v) is 5.46. The second-order valence-electron chi connectivity index (χ2n) is 5.46. The molecule has 0 bridgehead atoms. The highest BCUT2D eigenvalue weighted by molar-refractivity contribution is 5.96. The lowest BCUT2D eigenvalue weighted by Gasteiger charge is -2.23. The van der Waals surface area contributed by atoms with Crippen LogP contribution in [0.15, 0.2) is 6.20 Å². The van der Waals surface area contributed by atoms with Gasteiger partial charge in [0.05, 0.1) is 5.69 Å². The molecular weight excluding hydrogens is 254 g/mol. The molecule has 1 amide bonds. The van der Waals surface area contributed by atoms with Crippen LogP contribution >= 0.6 is 0 Å². The summed E-state index contributed by atoms with van der Waals surface area (Å²) in [7, 11) is 2.13. The fourth-order valence-corrected chi connectivity index (χ4v) is 2.73. The van der Waals surface area contributed by atoms with E-state index >= 15 is 0 Å². The number of hydrogen-bond acceptors (Lipinski definition) is 4. The van der Waals surface area contributed by atoms with Gasteiger partial charge in [0.2, 0.25) is 0 Å². The number of nitrogens with zero attached hydrogens (tertiary/aromatic N) is 3. The van der Waals surface area contributed by atoms with Gasteiger partial charge >= 0.3 is 0 Å². The minimum atomic E-state index is -0.186. The standard InChI is InChI=1S/C14H25N5O/c1-3-19-10-12(15)13(17-19)14(20)16-8-9-18(2)11-6-4-5-7-11/h10-11H,3-9,15H2,1-2H3,(H,16,20). The van der Waals surface area contributed by atoms with Crippen molar-refractivity contribution in [1.82, 2.24) is 20.0 Å². The second kappa shape index (κ2) is 6.74. The van der Waals surface area contributed by atoms with Crippen LogP contribution in [0, 0.1) is 0 Å². The fraction of sp³-hybridized carbons (Fsp3) is 0.714. The number of anilines is 1. The third-order valence-corrected chi connectivity index (χ3v) is 4.03. The number of nitrogen functional groups attached to an aromatic ring is 1. The molecule has 6 nitrogen and oxygen atoms in total. The Balaban J connectivity index is 1.78. The Morgan fingerprint density at radius 2 is 2.25 bits per heavy atom. The van der Waals surface area contributed by atoms with Crippen molar-refractivity contribution in [3.63, 3.8) is 0 Å². The van der Waals surface area contributed by atoms with Gasteiger partial charge < -0.3 is 16.0 Å². The number of aryl methyl sites for hydroxylation is 1. The van der Waals surface area contributed by atoms with E-state index in [9.17, 15) is 4.79 Å². The first kappa shape index (κ1) is 14.8. The van der Waals surface area contributed by atoms with Crippen LogP contribution in [0.1, 0.15) is 43.1 Å². The Morgan fingerprint density at radius 1 is 1.55 bits per heavy atom. The van der Waals surface area contributed by atoms with E-state index in [1.807, 2.05) is 6.92 Å². The predicted octanol–water partition coefficient (Wildman–Crippen LogP) is 1.09. The van der Waals surface area contributed by atoms with Gasteiger partial charge in [-0.2, -0.15) is 5.10 Å². The van der Waals surface area contributed by atoms with E-state index in [2.05, 4.69) is 22.4 Å². The molecule has 0 aliphatic heterocycles. The Kier molecular flexibility index (Phi) is 5.00. The van der Waals surface area contributed by atoms with Gasteiger partial charge in [0.25, 0.3) is 5.91 Å². The molecule has 112 valence electrons. The zero-order chi connectivity index (χ0) is 14.5. The molecule has 0 saturated heterocycles. The molecule has 0 atom stereocenters. The molecule has 0 spiro atoms. The number of rotatable bonds is 6. The van der Waals surface area contributed by atoms with Gasteiger partial charge in [-0.3, -0.25) is 9.48 Å². The van der Waals surface area contributed by atoms with Crippen molar-refractivity contribution in [2.75, 3.05) is 25.9 Å². The van der Waals surface area contributed by atoms with Crippen LogP contribution in [-0.2, 0) is 6.54 Å². The van der Waals surface area contributed by atoms with Crippen LogP contribution in [-0.4, -0.2) is 46.8 Å². The first-order valence-corrected chi connectivity index (χ1v) is 7.43. The van der Waals surface area contributed by atoms with Crippen molar-refractivity contribution in [3.05, 3.63) is 11.9 Å². The first-order valence-electron chi connectivity index (χ1n) is 7.43. The molecule has 3 N–H and O–H groups in total. The molecule has 1 heterocycles. The Morgan fingerprint density at radius 3 is 2.85 bits per heavy atom. The predicted molar refractivity (Wildman–Crippen MR) is 79.5 cm³/mol. The Bertz CT molecular complexity index is 450. The molecule has 1 aliphatic rings. The highest BCUT2D eigenvalue weighted by Crippen LogP contribution is 2.21. The summed E-state index contributed by atoms with van der Waals surface area (Å²) in [6.07, 6.45) is 6.90. The smallest absolute Gasteiger partial charge is 0.273 e. The Hall–Kier alpha value is -1.56. The van der Waals surface area contributed by atoms with Crippen LogP contribution in [0.3, 0.4) is 0 Å². The lowest BCUT2D eigenvalue weighted by Crippen LogP contribution is -2.37. The third kappa shape index (κ3) is 3.50. The van der Waals surface area contributed by atoms with E-state index in [1.165, 1.54) is 25.7 Å². The zero-order valence-corrected chi connectivity index (χ0v) is 12.4. The van der Waals surface area contributed by atoms with E-state index in [1.54, 1.807) is 10.9 Å². The van der Waals surface area contributed by atoms with Crippen LogP contribution in [0.2, 0.25) is 0 Å². The molecule has 6 heteroatoms. The lowest BCUT2D eigenvalue weighted by molar-refractivity contribution is 0.0942. The molecule has 1 fully saturated rings. The van der Waals surface area contributed by atoms with Gasteiger partial charge in [0.15, 0.2) is 5.69 Å². The quantitative estimate of drug-likeness (QED) is 0.817. The van der Waals surface area contributed by atoms with Crippen molar-refractivity contribution < 1.29 is 4.79 Å². The average molecular weight is 279 g/mol. The summed E-state index contributed by atoms with van der Waals surface area (Å²) in [5.74, 6) is -0.186. The van der Waals surface area contributed by atoms with Gasteiger partial charge in [-0.05, 0) is 26.8 Å². The molecule has 20 heavy (non-hydrogen) atoms.